The van der Waals surface area contributed by atoms with E-state index in [2.05, 4.69) is 33.0 Å². The van der Waals surface area contributed by atoms with Crippen LogP contribution in [0.15, 0.2) is 78.2 Å². The summed E-state index contributed by atoms with van der Waals surface area (Å²) in [6.07, 6.45) is 0. The van der Waals surface area contributed by atoms with Gasteiger partial charge in [-0.15, -0.1) is 11.3 Å². The molecule has 26 heavy (non-hydrogen) atoms. The van der Waals surface area contributed by atoms with E-state index < -0.39 is 0 Å². The highest BCUT2D eigenvalue weighted by Crippen LogP contribution is 2.26. The predicted molar refractivity (Wildman–Crippen MR) is 114 cm³/mol. The average molecular weight is 471 g/mol. The minimum absolute atomic E-state index is 0.187. The van der Waals surface area contributed by atoms with Gasteiger partial charge < -0.3 is 5.32 Å². The molecule has 2 aromatic heterocycles. The Kier molecular flexibility index (Phi) is 4.85. The number of halogens is 1. The van der Waals surface area contributed by atoms with Gasteiger partial charge in [0.25, 0.3) is 5.91 Å². The van der Waals surface area contributed by atoms with E-state index >= 15 is 0 Å². The Balaban J connectivity index is 1.76. The van der Waals surface area contributed by atoms with Crippen LogP contribution in [0.3, 0.4) is 0 Å². The number of hydrogen-bond acceptors (Lipinski definition) is 3. The molecule has 0 saturated heterocycles. The molecule has 4 aromatic rings. The van der Waals surface area contributed by atoms with E-state index in [-0.39, 0.29) is 5.91 Å². The number of aromatic nitrogens is 2. The Morgan fingerprint density at radius 2 is 1.77 bits per heavy atom. The van der Waals surface area contributed by atoms with Crippen LogP contribution in [0.2, 0.25) is 0 Å². The summed E-state index contributed by atoms with van der Waals surface area (Å²) in [5.41, 5.74) is 2.93. The van der Waals surface area contributed by atoms with Crippen LogP contribution < -0.4 is 5.32 Å². The largest absolute Gasteiger partial charge is 0.320 e. The van der Waals surface area contributed by atoms with Gasteiger partial charge in [-0.25, -0.2) is 4.68 Å². The fourth-order valence-electron chi connectivity index (χ4n) is 2.60. The summed E-state index contributed by atoms with van der Waals surface area (Å²) < 4.78 is 2.68. The third-order valence-corrected chi connectivity index (χ3v) is 5.67. The van der Waals surface area contributed by atoms with Crippen molar-refractivity contribution >= 4 is 45.5 Å². The van der Waals surface area contributed by atoms with Crippen LogP contribution in [-0.4, -0.2) is 15.7 Å². The smallest absolute Gasteiger partial charge is 0.274 e. The lowest BCUT2D eigenvalue weighted by Crippen LogP contribution is -2.17. The molecule has 1 N–H and O–H groups in total. The molecule has 0 atom stereocenters. The van der Waals surface area contributed by atoms with Gasteiger partial charge in [0.05, 0.1) is 16.3 Å². The minimum Gasteiger partial charge on any atom is -0.320 e. The van der Waals surface area contributed by atoms with Crippen LogP contribution in [0, 0.1) is 3.57 Å². The topological polar surface area (TPSA) is 46.9 Å². The van der Waals surface area contributed by atoms with Crippen molar-refractivity contribution in [3.05, 3.63) is 87.4 Å². The van der Waals surface area contributed by atoms with Gasteiger partial charge in [0, 0.05) is 3.57 Å². The lowest BCUT2D eigenvalue weighted by Gasteiger charge is -2.09. The first-order valence-electron chi connectivity index (χ1n) is 7.97. The molecule has 0 aliphatic rings. The van der Waals surface area contributed by atoms with Crippen molar-refractivity contribution in [2.24, 2.45) is 0 Å². The Morgan fingerprint density at radius 3 is 2.50 bits per heavy atom. The summed E-state index contributed by atoms with van der Waals surface area (Å²) in [6, 6.07) is 23.2. The van der Waals surface area contributed by atoms with Crippen molar-refractivity contribution in [1.82, 2.24) is 9.78 Å². The molecule has 0 aliphatic carbocycles. The zero-order valence-electron chi connectivity index (χ0n) is 13.6. The number of amides is 1. The zero-order valence-corrected chi connectivity index (χ0v) is 16.6. The fraction of sp³-hybridized carbons (Fsp3) is 0. The van der Waals surface area contributed by atoms with E-state index in [0.717, 1.165) is 25.5 Å². The van der Waals surface area contributed by atoms with Gasteiger partial charge in [0.2, 0.25) is 0 Å². The number of anilines is 1. The molecule has 0 fully saturated rings. The van der Waals surface area contributed by atoms with E-state index in [0.29, 0.717) is 5.69 Å². The first-order valence-corrected chi connectivity index (χ1v) is 9.93. The lowest BCUT2D eigenvalue weighted by atomic mass is 10.2. The molecular weight excluding hydrogens is 457 g/mol. The van der Waals surface area contributed by atoms with Crippen LogP contribution in [0.1, 0.15) is 10.5 Å². The molecule has 0 unspecified atom stereocenters. The van der Waals surface area contributed by atoms with Crippen molar-refractivity contribution in [2.75, 3.05) is 5.32 Å². The number of thiophene rings is 1. The van der Waals surface area contributed by atoms with E-state index in [1.807, 2.05) is 78.2 Å². The van der Waals surface area contributed by atoms with Crippen molar-refractivity contribution < 1.29 is 4.79 Å². The molecule has 0 spiro atoms. The number of carbonyl (C=O) groups excluding carboxylic acids is 1. The molecule has 4 nitrogen and oxygen atoms in total. The van der Waals surface area contributed by atoms with E-state index in [1.54, 1.807) is 16.0 Å². The summed E-state index contributed by atoms with van der Waals surface area (Å²) >= 11 is 3.81. The SMILES string of the molecule is O=C(Nc1ccccc1I)c1cc(-c2cccs2)nn1-c1ccccc1. The van der Waals surface area contributed by atoms with Gasteiger partial charge in [-0.3, -0.25) is 4.79 Å². The monoisotopic (exact) mass is 471 g/mol. The molecular formula is C20H14IN3OS. The number of benzene rings is 2. The number of carbonyl (C=O) groups is 1. The first kappa shape index (κ1) is 17.0. The second-order valence-corrected chi connectivity index (χ2v) is 7.68. The second kappa shape index (κ2) is 7.43. The maximum atomic E-state index is 13.0. The molecule has 0 radical (unpaired) electrons. The molecule has 1 amide bonds. The Labute approximate surface area is 168 Å². The summed E-state index contributed by atoms with van der Waals surface area (Å²) in [4.78, 5) is 14.0. The molecule has 0 aliphatic heterocycles. The van der Waals surface area contributed by atoms with Crippen LogP contribution in [0.5, 0.6) is 0 Å². The fourth-order valence-corrected chi connectivity index (χ4v) is 3.81. The van der Waals surface area contributed by atoms with Crippen molar-refractivity contribution in [1.29, 1.82) is 0 Å². The molecule has 0 bridgehead atoms. The highest BCUT2D eigenvalue weighted by Gasteiger charge is 2.18. The van der Waals surface area contributed by atoms with Crippen molar-refractivity contribution in [3.8, 4) is 16.3 Å². The standard InChI is InChI=1S/C20H14IN3OS/c21-15-9-4-5-10-16(15)22-20(25)18-13-17(19-11-6-12-26-19)23-24(18)14-7-2-1-3-8-14/h1-13H,(H,22,25). The van der Waals surface area contributed by atoms with Gasteiger partial charge in [-0.05, 0) is 64.4 Å². The Morgan fingerprint density at radius 1 is 1.00 bits per heavy atom. The van der Waals surface area contributed by atoms with Crippen LogP contribution in [0.25, 0.3) is 16.3 Å². The first-order chi connectivity index (χ1) is 12.7. The van der Waals surface area contributed by atoms with Crippen LogP contribution in [-0.2, 0) is 0 Å². The van der Waals surface area contributed by atoms with Gasteiger partial charge in [-0.1, -0.05) is 36.4 Å². The lowest BCUT2D eigenvalue weighted by molar-refractivity contribution is 0.101. The third-order valence-electron chi connectivity index (χ3n) is 3.84. The van der Waals surface area contributed by atoms with Crippen molar-refractivity contribution in [3.63, 3.8) is 0 Å². The molecule has 128 valence electrons. The van der Waals surface area contributed by atoms with Gasteiger partial charge in [0.15, 0.2) is 0 Å². The zero-order chi connectivity index (χ0) is 17.9. The van der Waals surface area contributed by atoms with E-state index in [1.165, 1.54) is 0 Å². The van der Waals surface area contributed by atoms with Crippen LogP contribution in [0.4, 0.5) is 5.69 Å². The average Bonchev–Trinajstić information content (AvgIpc) is 3.34. The summed E-state index contributed by atoms with van der Waals surface area (Å²) in [6.45, 7) is 0. The third kappa shape index (κ3) is 3.42. The van der Waals surface area contributed by atoms with Gasteiger partial charge in [-0.2, -0.15) is 5.10 Å². The maximum absolute atomic E-state index is 13.0. The predicted octanol–water partition coefficient (Wildman–Crippen LogP) is 5.46. The second-order valence-electron chi connectivity index (χ2n) is 5.57. The normalized spacial score (nSPS) is 10.7. The Bertz CT molecular complexity index is 1040. The number of rotatable bonds is 4. The van der Waals surface area contributed by atoms with Crippen LogP contribution >= 0.6 is 33.9 Å². The molecule has 4 rings (SSSR count). The quantitative estimate of drug-likeness (QED) is 0.402. The van der Waals surface area contributed by atoms with E-state index in [9.17, 15) is 4.79 Å². The Hall–Kier alpha value is -2.45. The minimum atomic E-state index is -0.187. The maximum Gasteiger partial charge on any atom is 0.274 e. The summed E-state index contributed by atoms with van der Waals surface area (Å²) in [7, 11) is 0. The highest BCUT2D eigenvalue weighted by molar-refractivity contribution is 14.1. The summed E-state index contributed by atoms with van der Waals surface area (Å²) in [5, 5.41) is 9.67. The number of nitrogens with zero attached hydrogens (tertiary/aromatic N) is 2. The van der Waals surface area contributed by atoms with E-state index in [4.69, 9.17) is 0 Å². The highest BCUT2D eigenvalue weighted by atomic mass is 127. The summed E-state index contributed by atoms with van der Waals surface area (Å²) in [5.74, 6) is -0.187. The van der Waals surface area contributed by atoms with Gasteiger partial charge >= 0.3 is 0 Å². The molecule has 2 heterocycles. The molecule has 2 aromatic carbocycles. The molecule has 6 heteroatoms. The number of para-hydroxylation sites is 2. The number of hydrogen-bond donors (Lipinski definition) is 1. The number of nitrogens with one attached hydrogen (secondary N) is 1. The van der Waals surface area contributed by atoms with Gasteiger partial charge in [0.1, 0.15) is 11.4 Å². The van der Waals surface area contributed by atoms with Crippen molar-refractivity contribution in [2.45, 2.75) is 0 Å². The molecule has 0 saturated carbocycles.